The third kappa shape index (κ3) is 7.14. The van der Waals surface area contributed by atoms with Crippen LogP contribution in [0.3, 0.4) is 0 Å². The normalized spacial score (nSPS) is 26.7. The van der Waals surface area contributed by atoms with Crippen LogP contribution in [0.2, 0.25) is 36.3 Å². The fraction of sp³-hybridized carbons (Fsp3) is 0.952. The molecule has 0 saturated carbocycles. The van der Waals surface area contributed by atoms with Gasteiger partial charge >= 0.3 is 5.97 Å². The quantitative estimate of drug-likeness (QED) is 0.486. The first-order valence-corrected chi connectivity index (χ1v) is 16.5. The van der Waals surface area contributed by atoms with Crippen LogP contribution in [0, 0.1) is 5.92 Å². The molecule has 0 radical (unpaired) electrons. The number of hydrogen-bond donors (Lipinski definition) is 1. The summed E-state index contributed by atoms with van der Waals surface area (Å²) < 4.78 is 25.2. The lowest BCUT2D eigenvalue weighted by atomic mass is 10.0. The van der Waals surface area contributed by atoms with Crippen molar-refractivity contribution in [3.05, 3.63) is 0 Å². The molecule has 0 bridgehead atoms. The van der Waals surface area contributed by atoms with Gasteiger partial charge in [0.15, 0.2) is 22.9 Å². The second-order valence-corrected chi connectivity index (χ2v) is 20.9. The van der Waals surface area contributed by atoms with Gasteiger partial charge in [-0.1, -0.05) is 48.5 Å². The second kappa shape index (κ2) is 9.48. The molecule has 1 saturated heterocycles. The Bertz CT molecular complexity index is 550. The van der Waals surface area contributed by atoms with Crippen LogP contribution in [-0.2, 0) is 23.1 Å². The van der Waals surface area contributed by atoms with Crippen molar-refractivity contribution >= 4 is 22.6 Å². The third-order valence-corrected chi connectivity index (χ3v) is 15.8. The summed E-state index contributed by atoms with van der Waals surface area (Å²) in [5.74, 6) is -0.867. The van der Waals surface area contributed by atoms with Crippen molar-refractivity contribution in [1.82, 2.24) is 0 Å². The Labute approximate surface area is 179 Å². The number of hydrogen-bond acceptors (Lipinski definition) is 5. The smallest absolute Gasteiger partial charge is 0.305 e. The van der Waals surface area contributed by atoms with Gasteiger partial charge in [-0.25, -0.2) is 0 Å². The molecule has 0 aliphatic carbocycles. The van der Waals surface area contributed by atoms with Gasteiger partial charge in [0.25, 0.3) is 0 Å². The fourth-order valence-corrected chi connectivity index (χ4v) is 5.08. The number of ether oxygens (including phenoxy) is 2. The molecule has 0 aromatic carbocycles. The molecule has 0 spiro atoms. The minimum Gasteiger partial charge on any atom is -0.481 e. The molecule has 0 amide bonds. The lowest BCUT2D eigenvalue weighted by Crippen LogP contribution is -2.49. The average molecular weight is 449 g/mol. The third-order valence-electron chi connectivity index (χ3n) is 6.87. The van der Waals surface area contributed by atoms with E-state index in [2.05, 4.69) is 74.7 Å². The average Bonchev–Trinajstić information content (AvgIpc) is 2.79. The monoisotopic (exact) mass is 448 g/mol. The van der Waals surface area contributed by atoms with Gasteiger partial charge in [-0.3, -0.25) is 4.79 Å². The summed E-state index contributed by atoms with van der Waals surface area (Å²) in [5.41, 5.74) is 0. The summed E-state index contributed by atoms with van der Waals surface area (Å²) in [4.78, 5) is 10.8. The van der Waals surface area contributed by atoms with Crippen LogP contribution >= 0.6 is 0 Å². The SMILES string of the molecule is CC1C(O[Si](C)(C)C(C)(C)C)C(CO[Si](C)(C)C(C)(C)C)O[C@H]1OCCC(=O)O. The van der Waals surface area contributed by atoms with E-state index >= 15 is 0 Å². The molecule has 172 valence electrons. The maximum absolute atomic E-state index is 10.8. The molecule has 8 heteroatoms. The van der Waals surface area contributed by atoms with Gasteiger partial charge in [0.2, 0.25) is 0 Å². The van der Waals surface area contributed by atoms with E-state index in [1.54, 1.807) is 0 Å². The molecule has 0 aromatic rings. The van der Waals surface area contributed by atoms with Crippen LogP contribution in [0.1, 0.15) is 54.9 Å². The van der Waals surface area contributed by atoms with Crippen LogP contribution in [0.15, 0.2) is 0 Å². The van der Waals surface area contributed by atoms with Crippen molar-refractivity contribution in [3.8, 4) is 0 Å². The van der Waals surface area contributed by atoms with E-state index in [1.165, 1.54) is 0 Å². The number of carboxylic acids is 1. The summed E-state index contributed by atoms with van der Waals surface area (Å²) in [5, 5.41) is 9.09. The van der Waals surface area contributed by atoms with Crippen molar-refractivity contribution in [2.75, 3.05) is 13.2 Å². The molecule has 1 aliphatic heterocycles. The molecule has 1 aliphatic rings. The molecule has 4 atom stereocenters. The van der Waals surface area contributed by atoms with Crippen LogP contribution < -0.4 is 0 Å². The number of aliphatic carboxylic acids is 1. The molecule has 1 N–H and O–H groups in total. The fourth-order valence-electron chi connectivity index (χ4n) is 2.66. The Morgan fingerprint density at radius 1 is 1.00 bits per heavy atom. The van der Waals surface area contributed by atoms with Crippen LogP contribution in [0.25, 0.3) is 0 Å². The summed E-state index contributed by atoms with van der Waals surface area (Å²) >= 11 is 0. The zero-order chi connectivity index (χ0) is 22.8. The Hall–Kier alpha value is -0.256. The van der Waals surface area contributed by atoms with Crippen LogP contribution in [-0.4, -0.2) is 59.4 Å². The molecule has 29 heavy (non-hydrogen) atoms. The molecule has 1 rings (SSSR count). The lowest BCUT2D eigenvalue weighted by Gasteiger charge is -2.41. The summed E-state index contributed by atoms with van der Waals surface area (Å²) in [6.07, 6.45) is -0.860. The van der Waals surface area contributed by atoms with Gasteiger partial charge < -0.3 is 23.4 Å². The van der Waals surface area contributed by atoms with Gasteiger partial charge in [-0.15, -0.1) is 0 Å². The zero-order valence-electron chi connectivity index (χ0n) is 20.4. The van der Waals surface area contributed by atoms with Gasteiger partial charge in [0, 0.05) is 5.92 Å². The highest BCUT2D eigenvalue weighted by molar-refractivity contribution is 6.74. The minimum atomic E-state index is -2.02. The van der Waals surface area contributed by atoms with Crippen molar-refractivity contribution in [3.63, 3.8) is 0 Å². The number of carboxylic acid groups (broad SMARTS) is 1. The van der Waals surface area contributed by atoms with E-state index in [1.807, 2.05) is 0 Å². The number of rotatable bonds is 9. The molecular weight excluding hydrogens is 404 g/mol. The Kier molecular flexibility index (Phi) is 8.76. The Morgan fingerprint density at radius 3 is 1.97 bits per heavy atom. The predicted molar refractivity (Wildman–Crippen MR) is 121 cm³/mol. The van der Waals surface area contributed by atoms with Crippen molar-refractivity contribution in [2.24, 2.45) is 5.92 Å². The van der Waals surface area contributed by atoms with Crippen molar-refractivity contribution < 1.29 is 28.2 Å². The van der Waals surface area contributed by atoms with Crippen LogP contribution in [0.5, 0.6) is 0 Å². The molecule has 0 aromatic heterocycles. The molecule has 3 unspecified atom stereocenters. The van der Waals surface area contributed by atoms with E-state index in [0.717, 1.165) is 0 Å². The molecule has 1 fully saturated rings. The van der Waals surface area contributed by atoms with Gasteiger partial charge in [-0.2, -0.15) is 0 Å². The zero-order valence-corrected chi connectivity index (χ0v) is 22.4. The van der Waals surface area contributed by atoms with E-state index in [9.17, 15) is 4.79 Å². The van der Waals surface area contributed by atoms with Crippen molar-refractivity contribution in [2.45, 2.75) is 110 Å². The summed E-state index contributed by atoms with van der Waals surface area (Å²) in [6, 6.07) is 0. The van der Waals surface area contributed by atoms with E-state index in [0.29, 0.717) is 6.61 Å². The Morgan fingerprint density at radius 2 is 1.52 bits per heavy atom. The minimum absolute atomic E-state index is 0.00550. The summed E-state index contributed by atoms with van der Waals surface area (Å²) in [6.45, 7) is 24.9. The van der Waals surface area contributed by atoms with Gasteiger partial charge in [0.05, 0.1) is 25.7 Å². The summed E-state index contributed by atoms with van der Waals surface area (Å²) in [7, 11) is -3.94. The Balaban J connectivity index is 2.96. The van der Waals surface area contributed by atoms with Crippen molar-refractivity contribution in [1.29, 1.82) is 0 Å². The first kappa shape index (κ1) is 26.8. The first-order chi connectivity index (χ1) is 12.9. The predicted octanol–water partition coefficient (Wildman–Crippen LogP) is 5.25. The first-order valence-electron chi connectivity index (χ1n) is 10.7. The molecular formula is C21H44O6Si2. The highest BCUT2D eigenvalue weighted by Crippen LogP contribution is 2.42. The second-order valence-electron chi connectivity index (χ2n) is 11.3. The lowest BCUT2D eigenvalue weighted by molar-refractivity contribution is -0.160. The highest BCUT2D eigenvalue weighted by atomic mass is 28.4. The maximum Gasteiger partial charge on any atom is 0.305 e. The molecule has 6 nitrogen and oxygen atoms in total. The largest absolute Gasteiger partial charge is 0.481 e. The number of carbonyl (C=O) groups is 1. The highest BCUT2D eigenvalue weighted by Gasteiger charge is 2.49. The van der Waals surface area contributed by atoms with E-state index in [4.69, 9.17) is 23.4 Å². The van der Waals surface area contributed by atoms with E-state index in [-0.39, 0.29) is 41.2 Å². The van der Waals surface area contributed by atoms with Crippen LogP contribution in [0.4, 0.5) is 0 Å². The standard InChI is InChI=1S/C21H44O6Si2/c1-15-18(27-29(10,11)21(5,6)7)16(14-25-28(8,9)20(2,3)4)26-19(15)24-13-12-17(22)23/h15-16,18-19H,12-14H2,1-11H3,(H,22,23)/t15?,16?,18?,19-/m1/s1. The maximum atomic E-state index is 10.8. The van der Waals surface area contributed by atoms with E-state index < -0.39 is 28.9 Å². The van der Waals surface area contributed by atoms with Gasteiger partial charge in [0.1, 0.15) is 6.10 Å². The topological polar surface area (TPSA) is 74.2 Å². The molecule has 1 heterocycles. The van der Waals surface area contributed by atoms with Gasteiger partial charge in [-0.05, 0) is 36.3 Å².